The summed E-state index contributed by atoms with van der Waals surface area (Å²) in [6.07, 6.45) is 4.71. The third-order valence-corrected chi connectivity index (χ3v) is 6.44. The molecule has 3 aromatic carbocycles. The lowest BCUT2D eigenvalue weighted by atomic mass is 10.0. The molecular formula is C30H32Cl2N4O. The van der Waals surface area contributed by atoms with Crippen molar-refractivity contribution in [2.45, 2.75) is 39.4 Å². The molecule has 0 saturated heterocycles. The summed E-state index contributed by atoms with van der Waals surface area (Å²) in [6.45, 7) is 5.32. The first kappa shape index (κ1) is 26.6. The predicted molar refractivity (Wildman–Crippen MR) is 155 cm³/mol. The van der Waals surface area contributed by atoms with Crippen LogP contribution in [0.3, 0.4) is 0 Å². The van der Waals surface area contributed by atoms with Crippen LogP contribution in [0.5, 0.6) is 0 Å². The number of halogens is 2. The average Bonchev–Trinajstić information content (AvgIpc) is 3.42. The second-order valence-corrected chi connectivity index (χ2v) is 10.4. The van der Waals surface area contributed by atoms with E-state index in [2.05, 4.69) is 41.9 Å². The van der Waals surface area contributed by atoms with Crippen molar-refractivity contribution in [1.29, 1.82) is 0 Å². The fraction of sp³-hybridized carbons (Fsp3) is 0.233. The van der Waals surface area contributed by atoms with Gasteiger partial charge in [0, 0.05) is 52.6 Å². The molecule has 0 aliphatic rings. The number of rotatable bonds is 11. The molecule has 3 N–H and O–H groups in total. The first-order chi connectivity index (χ1) is 17.9. The van der Waals surface area contributed by atoms with E-state index in [-0.39, 0.29) is 11.9 Å². The summed E-state index contributed by atoms with van der Waals surface area (Å²) >= 11 is 12.1. The minimum absolute atomic E-state index is 0.0385. The molecule has 37 heavy (non-hydrogen) atoms. The molecule has 4 rings (SSSR count). The summed E-state index contributed by atoms with van der Waals surface area (Å²) in [7, 11) is 0. The lowest BCUT2D eigenvalue weighted by Gasteiger charge is -2.22. The maximum absolute atomic E-state index is 13.2. The SMILES string of the molecule is CC(C)CC(Nc1cc(NCc2cccc(Cl)c2)cc(-n2cccc2)c1)C(=O)NCc1ccc(Cl)cc1. The number of aromatic nitrogens is 1. The van der Waals surface area contributed by atoms with Crippen LogP contribution >= 0.6 is 23.2 Å². The third kappa shape index (κ3) is 8.04. The predicted octanol–water partition coefficient (Wildman–Crippen LogP) is 7.54. The fourth-order valence-corrected chi connectivity index (χ4v) is 4.46. The quantitative estimate of drug-likeness (QED) is 0.186. The van der Waals surface area contributed by atoms with Crippen molar-refractivity contribution in [3.63, 3.8) is 0 Å². The standard InChI is InChI=1S/C30H32Cl2N4O/c1-21(2)14-29(30(37)34-19-22-8-10-24(31)11-9-22)35-27-16-26(17-28(18-27)36-12-3-4-13-36)33-20-23-6-5-7-25(32)15-23/h3-13,15-18,21,29,33,35H,14,19-20H2,1-2H3,(H,34,37). The van der Waals surface area contributed by atoms with E-state index in [1.165, 1.54) is 0 Å². The van der Waals surface area contributed by atoms with E-state index < -0.39 is 0 Å². The highest BCUT2D eigenvalue weighted by Crippen LogP contribution is 2.25. The van der Waals surface area contributed by atoms with Crippen LogP contribution in [0.25, 0.3) is 5.69 Å². The normalized spacial score (nSPS) is 11.8. The number of carbonyl (C=O) groups is 1. The van der Waals surface area contributed by atoms with Crippen molar-refractivity contribution in [2.24, 2.45) is 5.92 Å². The Balaban J connectivity index is 1.53. The molecule has 5 nitrogen and oxygen atoms in total. The topological polar surface area (TPSA) is 58.1 Å². The van der Waals surface area contributed by atoms with E-state index in [0.717, 1.165) is 28.2 Å². The van der Waals surface area contributed by atoms with Gasteiger partial charge in [0.2, 0.25) is 5.91 Å². The van der Waals surface area contributed by atoms with Crippen LogP contribution in [0.4, 0.5) is 11.4 Å². The van der Waals surface area contributed by atoms with Crippen LogP contribution in [0.15, 0.2) is 91.3 Å². The molecule has 0 spiro atoms. The molecule has 0 saturated carbocycles. The van der Waals surface area contributed by atoms with Gasteiger partial charge in [-0.1, -0.05) is 61.3 Å². The van der Waals surface area contributed by atoms with Gasteiger partial charge in [0.1, 0.15) is 6.04 Å². The van der Waals surface area contributed by atoms with Gasteiger partial charge in [-0.15, -0.1) is 0 Å². The maximum Gasteiger partial charge on any atom is 0.242 e. The summed E-state index contributed by atoms with van der Waals surface area (Å²) in [5.74, 6) is 0.301. The van der Waals surface area contributed by atoms with E-state index >= 15 is 0 Å². The Kier molecular flexibility index (Phi) is 9.15. The van der Waals surface area contributed by atoms with Gasteiger partial charge >= 0.3 is 0 Å². The van der Waals surface area contributed by atoms with Crippen LogP contribution in [0.2, 0.25) is 10.0 Å². The third-order valence-electron chi connectivity index (χ3n) is 5.95. The van der Waals surface area contributed by atoms with Crippen molar-refractivity contribution in [1.82, 2.24) is 9.88 Å². The number of hydrogen-bond donors (Lipinski definition) is 3. The minimum Gasteiger partial charge on any atom is -0.381 e. The second-order valence-electron chi connectivity index (χ2n) is 9.51. The highest BCUT2D eigenvalue weighted by molar-refractivity contribution is 6.30. The Morgan fingerprint density at radius 3 is 2.24 bits per heavy atom. The molecule has 0 bridgehead atoms. The number of carbonyl (C=O) groups excluding carboxylic acids is 1. The van der Waals surface area contributed by atoms with E-state index in [4.69, 9.17) is 23.2 Å². The molecule has 0 aliphatic heterocycles. The Morgan fingerprint density at radius 2 is 1.54 bits per heavy atom. The number of amides is 1. The highest BCUT2D eigenvalue weighted by Gasteiger charge is 2.20. The van der Waals surface area contributed by atoms with E-state index in [0.29, 0.717) is 35.5 Å². The molecule has 0 fully saturated rings. The van der Waals surface area contributed by atoms with Crippen molar-refractivity contribution in [2.75, 3.05) is 10.6 Å². The molecule has 192 valence electrons. The van der Waals surface area contributed by atoms with Gasteiger partial charge in [-0.05, 0) is 78.1 Å². The van der Waals surface area contributed by atoms with Gasteiger partial charge in [-0.3, -0.25) is 4.79 Å². The Hall–Kier alpha value is -3.41. The van der Waals surface area contributed by atoms with Crippen LogP contribution in [-0.4, -0.2) is 16.5 Å². The average molecular weight is 536 g/mol. The van der Waals surface area contributed by atoms with E-state index in [1.807, 2.05) is 83.7 Å². The highest BCUT2D eigenvalue weighted by atomic mass is 35.5. The summed E-state index contributed by atoms with van der Waals surface area (Å²) in [4.78, 5) is 13.2. The first-order valence-electron chi connectivity index (χ1n) is 12.4. The molecule has 4 aromatic rings. The van der Waals surface area contributed by atoms with E-state index in [1.54, 1.807) is 0 Å². The summed E-state index contributed by atoms with van der Waals surface area (Å²) in [5, 5.41) is 11.5. The molecule has 1 aromatic heterocycles. The van der Waals surface area contributed by atoms with Gasteiger partial charge in [-0.25, -0.2) is 0 Å². The first-order valence-corrected chi connectivity index (χ1v) is 13.2. The van der Waals surface area contributed by atoms with Crippen LogP contribution in [-0.2, 0) is 17.9 Å². The molecule has 0 aliphatic carbocycles. The van der Waals surface area contributed by atoms with Gasteiger partial charge in [-0.2, -0.15) is 0 Å². The van der Waals surface area contributed by atoms with Gasteiger partial charge < -0.3 is 20.5 Å². The van der Waals surface area contributed by atoms with Gasteiger partial charge in [0.15, 0.2) is 0 Å². The second kappa shape index (κ2) is 12.7. The molecule has 7 heteroatoms. The lowest BCUT2D eigenvalue weighted by molar-refractivity contribution is -0.122. The number of hydrogen-bond acceptors (Lipinski definition) is 3. The summed E-state index contributed by atoms with van der Waals surface area (Å²) in [6, 6.07) is 25.1. The molecule has 0 radical (unpaired) electrons. The van der Waals surface area contributed by atoms with E-state index in [9.17, 15) is 4.79 Å². The zero-order valence-electron chi connectivity index (χ0n) is 21.0. The fourth-order valence-electron chi connectivity index (χ4n) is 4.12. The van der Waals surface area contributed by atoms with Crippen LogP contribution in [0.1, 0.15) is 31.4 Å². The summed E-state index contributed by atoms with van der Waals surface area (Å²) < 4.78 is 2.05. The zero-order valence-corrected chi connectivity index (χ0v) is 22.6. The molecular weight excluding hydrogens is 503 g/mol. The van der Waals surface area contributed by atoms with Gasteiger partial charge in [0.05, 0.1) is 0 Å². The van der Waals surface area contributed by atoms with Crippen molar-refractivity contribution < 1.29 is 4.79 Å². The monoisotopic (exact) mass is 534 g/mol. The smallest absolute Gasteiger partial charge is 0.242 e. The van der Waals surface area contributed by atoms with Gasteiger partial charge in [0.25, 0.3) is 0 Å². The number of nitrogens with one attached hydrogen (secondary N) is 3. The van der Waals surface area contributed by atoms with Crippen LogP contribution < -0.4 is 16.0 Å². The van der Waals surface area contributed by atoms with Crippen molar-refractivity contribution in [3.05, 3.63) is 112 Å². The molecule has 1 atom stereocenters. The number of benzene rings is 3. The minimum atomic E-state index is -0.381. The number of nitrogens with zero attached hydrogens (tertiary/aromatic N) is 1. The Labute approximate surface area is 228 Å². The largest absolute Gasteiger partial charge is 0.381 e. The van der Waals surface area contributed by atoms with Crippen molar-refractivity contribution >= 4 is 40.5 Å². The van der Waals surface area contributed by atoms with Crippen LogP contribution in [0, 0.1) is 5.92 Å². The molecule has 1 heterocycles. The number of anilines is 2. The van der Waals surface area contributed by atoms with Crippen molar-refractivity contribution in [3.8, 4) is 5.69 Å². The summed E-state index contributed by atoms with van der Waals surface area (Å²) in [5.41, 5.74) is 4.90. The molecule has 1 amide bonds. The maximum atomic E-state index is 13.2. The lowest BCUT2D eigenvalue weighted by Crippen LogP contribution is -2.40. The Morgan fingerprint density at radius 1 is 0.811 bits per heavy atom. The zero-order chi connectivity index (χ0) is 26.2. The Bertz CT molecular complexity index is 1300. The molecule has 1 unspecified atom stereocenters.